The molecule has 0 spiro atoms. The summed E-state index contributed by atoms with van der Waals surface area (Å²) in [5.74, 6) is -2.14. The Morgan fingerprint density at radius 1 is 1.20 bits per heavy atom. The Labute approximate surface area is 123 Å². The molecule has 0 radical (unpaired) electrons. The molecule has 1 aliphatic carbocycles. The van der Waals surface area contributed by atoms with Gasteiger partial charge in [0.1, 0.15) is 5.41 Å². The largest absolute Gasteiger partial charge is 0.480 e. The zero-order valence-electron chi connectivity index (χ0n) is 10.5. The van der Waals surface area contributed by atoms with E-state index in [0.29, 0.717) is 18.5 Å². The normalized spacial score (nSPS) is 15.2. The Morgan fingerprint density at radius 3 is 2.30 bits per heavy atom. The van der Waals surface area contributed by atoms with Crippen LogP contribution in [0.25, 0.3) is 0 Å². The van der Waals surface area contributed by atoms with Crippen molar-refractivity contribution in [2.24, 2.45) is 5.41 Å². The minimum atomic E-state index is -1.32. The second-order valence-corrected chi connectivity index (χ2v) is 5.54. The molecule has 6 nitrogen and oxygen atoms in total. The Bertz CT molecular complexity index is 552. The van der Waals surface area contributed by atoms with Crippen LogP contribution in [0.2, 0.25) is 0 Å². The quantitative estimate of drug-likeness (QED) is 0.705. The molecule has 0 unspecified atom stereocenters. The van der Waals surface area contributed by atoms with E-state index in [4.69, 9.17) is 5.11 Å². The predicted octanol–water partition coefficient (Wildman–Crippen LogP) is 1.37. The third-order valence-corrected chi connectivity index (χ3v) is 3.66. The van der Waals surface area contributed by atoms with Gasteiger partial charge in [0.15, 0.2) is 0 Å². The lowest BCUT2D eigenvalue weighted by molar-refractivity contribution is -0.149. The number of hydrogen-bond donors (Lipinski definition) is 3. The smallest absolute Gasteiger partial charge is 0.319 e. The van der Waals surface area contributed by atoms with Gasteiger partial charge in [-0.2, -0.15) is 0 Å². The highest BCUT2D eigenvalue weighted by Crippen LogP contribution is 2.45. The van der Waals surface area contributed by atoms with Gasteiger partial charge >= 0.3 is 5.97 Å². The maximum atomic E-state index is 11.7. The molecule has 106 valence electrons. The van der Waals surface area contributed by atoms with Crippen molar-refractivity contribution in [2.45, 2.75) is 12.8 Å². The van der Waals surface area contributed by atoms with E-state index in [9.17, 15) is 14.4 Å². The lowest BCUT2D eigenvalue weighted by Crippen LogP contribution is -2.40. The van der Waals surface area contributed by atoms with Crippen LogP contribution in [0.1, 0.15) is 12.8 Å². The molecule has 0 aromatic heterocycles. The van der Waals surface area contributed by atoms with Gasteiger partial charge in [-0.1, -0.05) is 15.9 Å². The number of anilines is 1. The SMILES string of the molecule is O=C(CNC(=O)C1(C(=O)O)CC1)Nc1ccc(Br)cc1. The number of benzene rings is 1. The van der Waals surface area contributed by atoms with Gasteiger partial charge in [-0.3, -0.25) is 14.4 Å². The number of halogens is 1. The summed E-state index contributed by atoms with van der Waals surface area (Å²) < 4.78 is 0.890. The first-order chi connectivity index (χ1) is 9.44. The van der Waals surface area contributed by atoms with Gasteiger partial charge in [0.2, 0.25) is 11.8 Å². The van der Waals surface area contributed by atoms with E-state index in [1.54, 1.807) is 24.3 Å². The number of rotatable bonds is 5. The fraction of sp³-hybridized carbons (Fsp3) is 0.308. The molecule has 0 aliphatic heterocycles. The average Bonchev–Trinajstić information content (AvgIpc) is 3.20. The van der Waals surface area contributed by atoms with Gasteiger partial charge in [-0.05, 0) is 37.1 Å². The second-order valence-electron chi connectivity index (χ2n) is 4.63. The van der Waals surface area contributed by atoms with Crippen LogP contribution in [-0.2, 0) is 14.4 Å². The van der Waals surface area contributed by atoms with E-state index in [0.717, 1.165) is 4.47 Å². The molecule has 0 atom stereocenters. The zero-order chi connectivity index (χ0) is 14.8. The molecule has 1 saturated carbocycles. The van der Waals surface area contributed by atoms with Crippen LogP contribution in [0.3, 0.4) is 0 Å². The number of carbonyl (C=O) groups excluding carboxylic acids is 2. The number of carboxylic acids is 1. The fourth-order valence-corrected chi connectivity index (χ4v) is 2.00. The fourth-order valence-electron chi connectivity index (χ4n) is 1.73. The maximum Gasteiger partial charge on any atom is 0.319 e. The Hall–Kier alpha value is -1.89. The highest BCUT2D eigenvalue weighted by atomic mass is 79.9. The minimum Gasteiger partial charge on any atom is -0.480 e. The summed E-state index contributed by atoms with van der Waals surface area (Å²) in [7, 11) is 0. The summed E-state index contributed by atoms with van der Waals surface area (Å²) >= 11 is 3.28. The van der Waals surface area contributed by atoms with Gasteiger partial charge < -0.3 is 15.7 Å². The van der Waals surface area contributed by atoms with Crippen LogP contribution in [-0.4, -0.2) is 29.4 Å². The van der Waals surface area contributed by atoms with Crippen molar-refractivity contribution < 1.29 is 19.5 Å². The first-order valence-corrected chi connectivity index (χ1v) is 6.80. The summed E-state index contributed by atoms with van der Waals surface area (Å²) in [6.45, 7) is -0.246. The number of amides is 2. The highest BCUT2D eigenvalue weighted by Gasteiger charge is 2.57. The molecule has 2 rings (SSSR count). The van der Waals surface area contributed by atoms with Crippen molar-refractivity contribution in [1.82, 2.24) is 5.32 Å². The van der Waals surface area contributed by atoms with E-state index in [1.807, 2.05) is 0 Å². The van der Waals surface area contributed by atoms with Gasteiger partial charge in [0.05, 0.1) is 6.54 Å². The third kappa shape index (κ3) is 3.16. The molecule has 2 amide bonds. The Morgan fingerprint density at radius 2 is 1.80 bits per heavy atom. The number of hydrogen-bond acceptors (Lipinski definition) is 3. The van der Waals surface area contributed by atoms with Crippen molar-refractivity contribution in [1.29, 1.82) is 0 Å². The molecule has 1 aromatic carbocycles. The molecule has 3 N–H and O–H groups in total. The van der Waals surface area contributed by atoms with Crippen LogP contribution in [0.5, 0.6) is 0 Å². The average molecular weight is 341 g/mol. The summed E-state index contributed by atoms with van der Waals surface area (Å²) in [4.78, 5) is 34.3. The van der Waals surface area contributed by atoms with Crippen molar-refractivity contribution >= 4 is 39.4 Å². The van der Waals surface area contributed by atoms with Crippen molar-refractivity contribution in [2.75, 3.05) is 11.9 Å². The maximum absolute atomic E-state index is 11.7. The standard InChI is InChI=1S/C13H13BrN2O4/c14-8-1-3-9(4-2-8)16-10(17)7-15-11(18)13(5-6-13)12(19)20/h1-4H,5-7H2,(H,15,18)(H,16,17)(H,19,20). The molecule has 7 heteroatoms. The van der Waals surface area contributed by atoms with Gasteiger partial charge in [0.25, 0.3) is 0 Å². The predicted molar refractivity (Wildman–Crippen MR) is 75.1 cm³/mol. The molecule has 0 saturated heterocycles. The van der Waals surface area contributed by atoms with Gasteiger partial charge in [0, 0.05) is 10.2 Å². The van der Waals surface area contributed by atoms with Crippen LogP contribution in [0.4, 0.5) is 5.69 Å². The van der Waals surface area contributed by atoms with Gasteiger partial charge in [-0.25, -0.2) is 0 Å². The van der Waals surface area contributed by atoms with Crippen LogP contribution < -0.4 is 10.6 Å². The lowest BCUT2D eigenvalue weighted by atomic mass is 10.1. The van der Waals surface area contributed by atoms with Crippen LogP contribution >= 0.6 is 15.9 Å². The molecule has 0 heterocycles. The topological polar surface area (TPSA) is 95.5 Å². The van der Waals surface area contributed by atoms with Crippen LogP contribution in [0.15, 0.2) is 28.7 Å². The monoisotopic (exact) mass is 340 g/mol. The second kappa shape index (κ2) is 5.62. The molecule has 20 heavy (non-hydrogen) atoms. The first-order valence-electron chi connectivity index (χ1n) is 6.01. The molecular formula is C13H13BrN2O4. The molecule has 1 fully saturated rings. The molecular weight excluding hydrogens is 328 g/mol. The van der Waals surface area contributed by atoms with Crippen molar-refractivity contribution in [3.63, 3.8) is 0 Å². The number of aliphatic carboxylic acids is 1. The third-order valence-electron chi connectivity index (χ3n) is 3.13. The summed E-state index contributed by atoms with van der Waals surface area (Å²) in [6, 6.07) is 6.97. The summed E-state index contributed by atoms with van der Waals surface area (Å²) in [5, 5.41) is 13.9. The van der Waals surface area contributed by atoms with E-state index in [1.165, 1.54) is 0 Å². The summed E-state index contributed by atoms with van der Waals surface area (Å²) in [6.07, 6.45) is 0.644. The van der Waals surface area contributed by atoms with Gasteiger partial charge in [-0.15, -0.1) is 0 Å². The Kier molecular flexibility index (Phi) is 4.08. The van der Waals surface area contributed by atoms with Crippen molar-refractivity contribution in [3.05, 3.63) is 28.7 Å². The van der Waals surface area contributed by atoms with Crippen molar-refractivity contribution in [3.8, 4) is 0 Å². The Balaban J connectivity index is 1.82. The zero-order valence-corrected chi connectivity index (χ0v) is 12.1. The van der Waals surface area contributed by atoms with E-state index >= 15 is 0 Å². The van der Waals surface area contributed by atoms with E-state index < -0.39 is 23.2 Å². The summed E-state index contributed by atoms with van der Waals surface area (Å²) in [5.41, 5.74) is -0.718. The minimum absolute atomic E-state index is 0.246. The molecule has 1 aromatic rings. The number of carboxylic acid groups (broad SMARTS) is 1. The molecule has 0 bridgehead atoms. The lowest BCUT2D eigenvalue weighted by Gasteiger charge is -2.11. The number of nitrogens with one attached hydrogen (secondary N) is 2. The number of carbonyl (C=O) groups is 3. The van der Waals surface area contributed by atoms with Crippen LogP contribution in [0, 0.1) is 5.41 Å². The molecule has 1 aliphatic rings. The van der Waals surface area contributed by atoms with E-state index in [2.05, 4.69) is 26.6 Å². The van der Waals surface area contributed by atoms with E-state index in [-0.39, 0.29) is 6.54 Å². The highest BCUT2D eigenvalue weighted by molar-refractivity contribution is 9.10. The first kappa shape index (κ1) is 14.5.